The maximum atomic E-state index is 12.6. The highest BCUT2D eigenvalue weighted by molar-refractivity contribution is 6.03. The molecule has 0 aliphatic heterocycles. The molecule has 0 spiro atoms. The third kappa shape index (κ3) is 0.851. The monoisotopic (exact) mass is 329 g/mol. The number of ether oxygens (including phenoxy) is 2. The Kier molecular flexibility index (Phi) is 1.88. The average molecular weight is 329 g/mol. The molecular formula is C17H15NO6. The van der Waals surface area contributed by atoms with Crippen molar-refractivity contribution in [3.63, 3.8) is 0 Å². The van der Waals surface area contributed by atoms with E-state index in [9.17, 15) is 14.4 Å². The summed E-state index contributed by atoms with van der Waals surface area (Å²) in [6.07, 6.45) is 1.26. The van der Waals surface area contributed by atoms with Gasteiger partial charge in [-0.1, -0.05) is 0 Å². The lowest BCUT2D eigenvalue weighted by Gasteiger charge is -3.10. The molecule has 1 aromatic heterocycles. The van der Waals surface area contributed by atoms with Gasteiger partial charge in [0.1, 0.15) is 12.7 Å². The summed E-state index contributed by atoms with van der Waals surface area (Å²) >= 11 is 0. The second-order valence-corrected chi connectivity index (χ2v) is 7.73. The largest absolute Gasteiger partial charge is 0.469 e. The quantitative estimate of drug-likeness (QED) is 0.576. The number of nitrogens with zero attached hydrogens (tertiary/aromatic N) is 1. The molecule has 1 heterocycles. The molecule has 0 unspecified atom stereocenters. The van der Waals surface area contributed by atoms with Gasteiger partial charge >= 0.3 is 11.9 Å². The van der Waals surface area contributed by atoms with Crippen LogP contribution < -0.4 is 0 Å². The molecule has 6 fully saturated rings. The van der Waals surface area contributed by atoms with Crippen molar-refractivity contribution in [2.45, 2.75) is 11.8 Å². The average Bonchev–Trinajstić information content (AvgIpc) is 3.10. The topological polar surface area (TPSA) is 95.7 Å². The van der Waals surface area contributed by atoms with Crippen molar-refractivity contribution in [1.29, 1.82) is 0 Å². The first-order valence-electron chi connectivity index (χ1n) is 8.20. The van der Waals surface area contributed by atoms with Gasteiger partial charge in [-0.15, -0.1) is 0 Å². The smallest absolute Gasteiger partial charge is 0.360 e. The summed E-state index contributed by atoms with van der Waals surface area (Å²) in [7, 11) is 2.63. The number of carbonyl (C=O) groups excluding carboxylic acids is 3. The van der Waals surface area contributed by atoms with Crippen LogP contribution in [-0.4, -0.2) is 36.9 Å². The second-order valence-electron chi connectivity index (χ2n) is 7.73. The van der Waals surface area contributed by atoms with E-state index in [0.29, 0.717) is 41.4 Å². The van der Waals surface area contributed by atoms with E-state index in [4.69, 9.17) is 4.42 Å². The van der Waals surface area contributed by atoms with E-state index in [1.807, 2.05) is 0 Å². The Morgan fingerprint density at radius 3 is 2.25 bits per heavy atom. The number of esters is 2. The first-order valence-corrected chi connectivity index (χ1v) is 8.20. The summed E-state index contributed by atoms with van der Waals surface area (Å²) < 4.78 is 14.9. The maximum absolute atomic E-state index is 12.6. The third-order valence-electron chi connectivity index (χ3n) is 7.92. The van der Waals surface area contributed by atoms with Gasteiger partial charge < -0.3 is 13.9 Å². The molecule has 0 N–H and O–H groups in total. The number of oxazole rings is 1. The number of Topliss-reactive ketones (excluding diaryl/α,β-unsaturated/α-hetero) is 1. The number of methoxy groups -OCH3 is 2. The lowest BCUT2D eigenvalue weighted by Crippen LogP contribution is -3.12. The van der Waals surface area contributed by atoms with Gasteiger partial charge in [-0.25, -0.2) is 9.78 Å². The van der Waals surface area contributed by atoms with Crippen LogP contribution in [0.4, 0.5) is 0 Å². The Morgan fingerprint density at radius 2 is 1.71 bits per heavy atom. The first kappa shape index (κ1) is 13.1. The SMILES string of the molecule is COC(=O)CC(=O)C12C3C4C1C1C2C3C41c1nc(C(=O)OC)co1. The molecule has 0 saturated heterocycles. The van der Waals surface area contributed by atoms with Crippen LogP contribution in [0.1, 0.15) is 22.8 Å². The minimum Gasteiger partial charge on any atom is -0.469 e. The van der Waals surface area contributed by atoms with E-state index in [2.05, 4.69) is 14.5 Å². The Bertz CT molecular complexity index is 799. The van der Waals surface area contributed by atoms with Crippen LogP contribution in [0.5, 0.6) is 0 Å². The first-order chi connectivity index (χ1) is 11.6. The number of aromatic nitrogens is 1. The van der Waals surface area contributed by atoms with E-state index >= 15 is 0 Å². The molecule has 6 saturated carbocycles. The fourth-order valence-electron chi connectivity index (χ4n) is 7.54. The fraction of sp³-hybridized carbons (Fsp3) is 0.647. The van der Waals surface area contributed by atoms with Crippen LogP contribution in [0.2, 0.25) is 0 Å². The predicted octanol–water partition coefficient (Wildman–Crippen LogP) is 0.583. The van der Waals surface area contributed by atoms with Gasteiger partial charge in [0.05, 0.1) is 19.6 Å². The van der Waals surface area contributed by atoms with Crippen LogP contribution in [0, 0.1) is 40.9 Å². The van der Waals surface area contributed by atoms with E-state index in [0.717, 1.165) is 0 Å². The normalized spacial score (nSPS) is 49.4. The van der Waals surface area contributed by atoms with E-state index in [-0.39, 0.29) is 28.7 Å². The molecular weight excluding hydrogens is 314 g/mol. The maximum Gasteiger partial charge on any atom is 0.360 e. The molecule has 1 aromatic rings. The zero-order valence-corrected chi connectivity index (χ0v) is 13.1. The second kappa shape index (κ2) is 3.43. The molecule has 0 bridgehead atoms. The van der Waals surface area contributed by atoms with Gasteiger partial charge in [0.2, 0.25) is 5.89 Å². The van der Waals surface area contributed by atoms with Gasteiger partial charge in [0.15, 0.2) is 11.5 Å². The lowest BCUT2D eigenvalue weighted by molar-refractivity contribution is -0.613. The van der Waals surface area contributed by atoms with Crippen LogP contribution in [0.25, 0.3) is 0 Å². The number of carbonyl (C=O) groups is 3. The molecule has 7 heteroatoms. The highest BCUT2D eigenvalue weighted by atomic mass is 16.5. The van der Waals surface area contributed by atoms with Crippen LogP contribution in [0.3, 0.4) is 0 Å². The van der Waals surface area contributed by atoms with Crippen molar-refractivity contribution >= 4 is 17.7 Å². The number of ketones is 1. The fourth-order valence-corrected chi connectivity index (χ4v) is 7.54. The van der Waals surface area contributed by atoms with Gasteiger partial charge in [0, 0.05) is 5.41 Å². The Hall–Kier alpha value is -2.18. The number of hydrogen-bond donors (Lipinski definition) is 0. The molecule has 7 rings (SSSR count). The molecule has 24 heavy (non-hydrogen) atoms. The summed E-state index contributed by atoms with van der Waals surface area (Å²) in [4.78, 5) is 39.9. The lowest BCUT2D eigenvalue weighted by atomic mass is 8.92. The Morgan fingerprint density at radius 1 is 1.08 bits per heavy atom. The zero-order chi connectivity index (χ0) is 16.6. The summed E-state index contributed by atoms with van der Waals surface area (Å²) in [6, 6.07) is 0. The molecule has 0 radical (unpaired) electrons. The van der Waals surface area contributed by atoms with E-state index in [1.54, 1.807) is 0 Å². The van der Waals surface area contributed by atoms with Crippen LogP contribution in [-0.2, 0) is 24.5 Å². The van der Waals surface area contributed by atoms with E-state index < -0.39 is 11.9 Å². The highest BCUT2D eigenvalue weighted by Gasteiger charge is 3.12. The summed E-state index contributed by atoms with van der Waals surface area (Å²) in [6.45, 7) is 0. The van der Waals surface area contributed by atoms with Crippen molar-refractivity contribution in [3.05, 3.63) is 17.8 Å². The van der Waals surface area contributed by atoms with Crippen molar-refractivity contribution in [1.82, 2.24) is 4.98 Å². The standard InChI is InChI=1S/C17H15NO6/c1-22-7(20)3-6(19)16-8-11-9(16)13-10(16)12(8)17(11,13)15-18-5(4-24-15)14(21)23-2/h4,8-13H,3H2,1-2H3. The number of hydrogen-bond acceptors (Lipinski definition) is 7. The number of rotatable bonds is 5. The molecule has 0 aromatic carbocycles. The van der Waals surface area contributed by atoms with Crippen LogP contribution in [0.15, 0.2) is 10.7 Å². The molecule has 124 valence electrons. The Balaban J connectivity index is 1.27. The van der Waals surface area contributed by atoms with Crippen LogP contribution >= 0.6 is 0 Å². The van der Waals surface area contributed by atoms with Gasteiger partial charge in [-0.05, 0) is 35.5 Å². The van der Waals surface area contributed by atoms with Gasteiger partial charge in [-0.3, -0.25) is 9.59 Å². The third-order valence-corrected chi connectivity index (χ3v) is 7.92. The van der Waals surface area contributed by atoms with Gasteiger partial charge in [0.25, 0.3) is 0 Å². The van der Waals surface area contributed by atoms with Crippen molar-refractivity contribution in [2.24, 2.45) is 40.9 Å². The summed E-state index contributed by atoms with van der Waals surface area (Å²) in [5, 5.41) is 0. The van der Waals surface area contributed by atoms with E-state index in [1.165, 1.54) is 20.5 Å². The van der Waals surface area contributed by atoms with Gasteiger partial charge in [-0.2, -0.15) is 0 Å². The summed E-state index contributed by atoms with van der Waals surface area (Å²) in [5.41, 5.74) is -0.0783. The molecule has 0 amide bonds. The predicted molar refractivity (Wildman–Crippen MR) is 74.5 cm³/mol. The molecule has 6 aliphatic carbocycles. The molecule has 7 nitrogen and oxygen atoms in total. The molecule has 6 aliphatic rings. The van der Waals surface area contributed by atoms with Crippen molar-refractivity contribution in [2.75, 3.05) is 14.2 Å². The van der Waals surface area contributed by atoms with Crippen molar-refractivity contribution < 1.29 is 28.3 Å². The van der Waals surface area contributed by atoms with Crippen molar-refractivity contribution in [3.8, 4) is 0 Å². The minimum absolute atomic E-state index is 0.0421. The minimum atomic E-state index is -0.494. The Labute approximate surface area is 136 Å². The zero-order valence-electron chi connectivity index (χ0n) is 13.1. The summed E-state index contributed by atoms with van der Waals surface area (Å²) in [5.74, 6) is 2.20. The highest BCUT2D eigenvalue weighted by Crippen LogP contribution is 3.09. The molecule has 0 atom stereocenters.